The molecule has 2 fully saturated rings. The summed E-state index contributed by atoms with van der Waals surface area (Å²) in [5.41, 5.74) is 3.02. The minimum Gasteiger partial charge on any atom is -0.379 e. The minimum absolute atomic E-state index is 0.142. The van der Waals surface area contributed by atoms with Gasteiger partial charge in [0.1, 0.15) is 0 Å². The zero-order valence-electron chi connectivity index (χ0n) is 16.4. The molecule has 2 saturated heterocycles. The van der Waals surface area contributed by atoms with Gasteiger partial charge in [-0.05, 0) is 25.5 Å². The number of hydrogen-bond acceptors (Lipinski definition) is 4. The summed E-state index contributed by atoms with van der Waals surface area (Å²) in [5.74, 6) is 0.142. The number of fused-ring (bicyclic) bond motifs is 1. The Balaban J connectivity index is 1.51. The van der Waals surface area contributed by atoms with Gasteiger partial charge in [-0.1, -0.05) is 12.1 Å². The van der Waals surface area contributed by atoms with E-state index < -0.39 is 0 Å². The van der Waals surface area contributed by atoms with Crippen molar-refractivity contribution in [2.45, 2.75) is 26.4 Å². The Morgan fingerprint density at radius 3 is 2.56 bits per heavy atom. The fourth-order valence-electron chi connectivity index (χ4n) is 4.13. The van der Waals surface area contributed by atoms with E-state index in [1.807, 2.05) is 17.0 Å². The lowest BCUT2D eigenvalue weighted by molar-refractivity contribution is 0.0343. The summed E-state index contributed by atoms with van der Waals surface area (Å²) in [7, 11) is 0. The molecule has 1 N–H and O–H groups in total. The second-order valence-electron chi connectivity index (χ2n) is 7.85. The van der Waals surface area contributed by atoms with Crippen molar-refractivity contribution in [3.8, 4) is 0 Å². The molecule has 1 amide bonds. The molecule has 2 aromatic rings. The molecule has 146 valence electrons. The summed E-state index contributed by atoms with van der Waals surface area (Å²) in [4.78, 5) is 23.4. The van der Waals surface area contributed by atoms with Crippen LogP contribution in [0.1, 0.15) is 29.8 Å². The van der Waals surface area contributed by atoms with Gasteiger partial charge in [-0.25, -0.2) is 0 Å². The summed E-state index contributed by atoms with van der Waals surface area (Å²) in [6.07, 6.45) is 2.06. The lowest BCUT2D eigenvalue weighted by Gasteiger charge is -2.37. The van der Waals surface area contributed by atoms with Crippen molar-refractivity contribution in [1.82, 2.24) is 19.7 Å². The molecule has 6 heteroatoms. The predicted molar refractivity (Wildman–Crippen MR) is 107 cm³/mol. The van der Waals surface area contributed by atoms with Crippen molar-refractivity contribution in [1.29, 1.82) is 0 Å². The number of piperazine rings is 1. The molecular formula is C21H30N4O2. The molecule has 0 bridgehead atoms. The van der Waals surface area contributed by atoms with Gasteiger partial charge in [0.05, 0.1) is 24.3 Å². The minimum atomic E-state index is 0.142. The number of amides is 1. The fraction of sp³-hybridized carbons (Fsp3) is 0.571. The number of H-pyrrole nitrogens is 1. The molecule has 2 aliphatic heterocycles. The number of hydrogen-bond donors (Lipinski definition) is 1. The lowest BCUT2D eigenvalue weighted by Crippen LogP contribution is -2.50. The summed E-state index contributed by atoms with van der Waals surface area (Å²) < 4.78 is 5.44. The third kappa shape index (κ3) is 3.88. The second kappa shape index (κ2) is 8.00. The maximum atomic E-state index is 13.1. The van der Waals surface area contributed by atoms with Crippen molar-refractivity contribution in [3.05, 3.63) is 35.5 Å². The number of carbonyl (C=O) groups is 1. The Morgan fingerprint density at radius 1 is 1.11 bits per heavy atom. The van der Waals surface area contributed by atoms with Gasteiger partial charge in [0.25, 0.3) is 5.91 Å². The van der Waals surface area contributed by atoms with Gasteiger partial charge < -0.3 is 14.6 Å². The number of benzene rings is 1. The maximum Gasteiger partial charge on any atom is 0.256 e. The van der Waals surface area contributed by atoms with Crippen molar-refractivity contribution < 1.29 is 9.53 Å². The van der Waals surface area contributed by atoms with Crippen LogP contribution in [-0.4, -0.2) is 84.1 Å². The molecule has 4 rings (SSSR count). The molecule has 27 heavy (non-hydrogen) atoms. The van der Waals surface area contributed by atoms with Gasteiger partial charge in [0, 0.05) is 63.4 Å². The van der Waals surface area contributed by atoms with E-state index in [4.69, 9.17) is 4.74 Å². The molecular weight excluding hydrogens is 340 g/mol. The van der Waals surface area contributed by atoms with Crippen LogP contribution in [0.15, 0.2) is 24.4 Å². The highest BCUT2D eigenvalue weighted by Gasteiger charge is 2.25. The van der Waals surface area contributed by atoms with Crippen LogP contribution in [0.3, 0.4) is 0 Å². The number of nitrogens with zero attached hydrogens (tertiary/aromatic N) is 3. The van der Waals surface area contributed by atoms with Gasteiger partial charge in [0.15, 0.2) is 0 Å². The number of para-hydroxylation sites is 1. The van der Waals surface area contributed by atoms with Gasteiger partial charge in [-0.15, -0.1) is 0 Å². The Kier molecular flexibility index (Phi) is 5.48. The molecule has 1 aromatic heterocycles. The molecule has 0 radical (unpaired) electrons. The molecule has 6 nitrogen and oxygen atoms in total. The quantitative estimate of drug-likeness (QED) is 0.896. The summed E-state index contributed by atoms with van der Waals surface area (Å²) in [6, 6.07) is 6.62. The number of aromatic nitrogens is 1. The van der Waals surface area contributed by atoms with E-state index in [0.29, 0.717) is 6.04 Å². The zero-order valence-corrected chi connectivity index (χ0v) is 16.4. The highest BCUT2D eigenvalue weighted by molar-refractivity contribution is 6.06. The molecule has 0 spiro atoms. The Labute approximate surface area is 161 Å². The van der Waals surface area contributed by atoms with Gasteiger partial charge in [-0.3, -0.25) is 14.6 Å². The number of ether oxygens (including phenoxy) is 1. The topological polar surface area (TPSA) is 51.8 Å². The van der Waals surface area contributed by atoms with Crippen molar-refractivity contribution in [2.24, 2.45) is 0 Å². The lowest BCUT2D eigenvalue weighted by atomic mass is 10.1. The first kappa shape index (κ1) is 18.5. The first-order valence-corrected chi connectivity index (χ1v) is 10.1. The van der Waals surface area contributed by atoms with Gasteiger partial charge >= 0.3 is 0 Å². The third-order valence-corrected chi connectivity index (χ3v) is 5.86. The first-order chi connectivity index (χ1) is 13.1. The van der Waals surface area contributed by atoms with Crippen LogP contribution in [0.5, 0.6) is 0 Å². The Bertz CT molecular complexity index is 787. The summed E-state index contributed by atoms with van der Waals surface area (Å²) in [6.45, 7) is 12.4. The number of nitrogens with one attached hydrogen (secondary N) is 1. The molecule has 0 saturated carbocycles. The Hall–Kier alpha value is -1.89. The fourth-order valence-corrected chi connectivity index (χ4v) is 4.13. The van der Waals surface area contributed by atoms with Crippen LogP contribution in [-0.2, 0) is 11.3 Å². The number of rotatable bonds is 4. The van der Waals surface area contributed by atoms with Crippen LogP contribution in [0.4, 0.5) is 0 Å². The molecule has 0 aliphatic carbocycles. The molecule has 3 heterocycles. The molecule has 0 unspecified atom stereocenters. The monoisotopic (exact) mass is 370 g/mol. The van der Waals surface area contributed by atoms with Crippen molar-refractivity contribution >= 4 is 16.8 Å². The van der Waals surface area contributed by atoms with Crippen LogP contribution in [0, 0.1) is 0 Å². The third-order valence-electron chi connectivity index (χ3n) is 5.86. The van der Waals surface area contributed by atoms with E-state index in [0.717, 1.165) is 75.5 Å². The Morgan fingerprint density at radius 2 is 1.85 bits per heavy atom. The van der Waals surface area contributed by atoms with Gasteiger partial charge in [-0.2, -0.15) is 0 Å². The normalized spacial score (nSPS) is 19.9. The van der Waals surface area contributed by atoms with Crippen molar-refractivity contribution in [3.63, 3.8) is 0 Å². The van der Waals surface area contributed by atoms with Crippen LogP contribution < -0.4 is 0 Å². The number of carbonyl (C=O) groups excluding carboxylic acids is 1. The molecule has 0 atom stereocenters. The van der Waals surface area contributed by atoms with E-state index in [9.17, 15) is 4.79 Å². The number of morpholine rings is 1. The maximum absolute atomic E-state index is 13.1. The van der Waals surface area contributed by atoms with Gasteiger partial charge in [0.2, 0.25) is 0 Å². The van der Waals surface area contributed by atoms with Crippen LogP contribution >= 0.6 is 0 Å². The van der Waals surface area contributed by atoms with E-state index in [-0.39, 0.29) is 5.91 Å². The highest BCUT2D eigenvalue weighted by Crippen LogP contribution is 2.25. The van der Waals surface area contributed by atoms with E-state index in [2.05, 4.69) is 40.9 Å². The molecule has 2 aliphatic rings. The summed E-state index contributed by atoms with van der Waals surface area (Å²) >= 11 is 0. The smallest absolute Gasteiger partial charge is 0.256 e. The van der Waals surface area contributed by atoms with E-state index in [1.165, 1.54) is 5.56 Å². The standard InChI is InChI=1S/C21H30N4O2/c1-16(2)24-6-8-25(9-7-24)21(26)19-5-3-4-18-17(14-22-20(18)19)15-23-10-12-27-13-11-23/h3-5,14,16,22H,6-13,15H2,1-2H3. The van der Waals surface area contributed by atoms with Crippen LogP contribution in [0.2, 0.25) is 0 Å². The first-order valence-electron chi connectivity index (χ1n) is 10.1. The average Bonchev–Trinajstić information content (AvgIpc) is 3.11. The van der Waals surface area contributed by atoms with E-state index >= 15 is 0 Å². The average molecular weight is 370 g/mol. The predicted octanol–water partition coefficient (Wildman–Crippen LogP) is 2.17. The zero-order chi connectivity index (χ0) is 18.8. The highest BCUT2D eigenvalue weighted by atomic mass is 16.5. The second-order valence-corrected chi connectivity index (χ2v) is 7.85. The largest absolute Gasteiger partial charge is 0.379 e. The number of aromatic amines is 1. The van der Waals surface area contributed by atoms with Crippen LogP contribution in [0.25, 0.3) is 10.9 Å². The SMILES string of the molecule is CC(C)N1CCN(C(=O)c2cccc3c(CN4CCOCC4)c[nH]c23)CC1. The molecule has 1 aromatic carbocycles. The van der Waals surface area contributed by atoms with Crippen molar-refractivity contribution in [2.75, 3.05) is 52.5 Å². The van der Waals surface area contributed by atoms with E-state index in [1.54, 1.807) is 0 Å². The summed E-state index contributed by atoms with van der Waals surface area (Å²) in [5, 5.41) is 1.16.